The molecule has 5 aliphatic rings. The number of likely N-dealkylation sites (tertiary alicyclic amines) is 1. The number of piperidine rings is 1. The Morgan fingerprint density at radius 3 is 1.44 bits per heavy atom. The van der Waals surface area contributed by atoms with Crippen molar-refractivity contribution in [3.63, 3.8) is 0 Å². The Kier molecular flexibility index (Phi) is 5.75. The zero-order valence-corrected chi connectivity index (χ0v) is 22.6. The second-order valence-electron chi connectivity index (χ2n) is 14.3. The molecule has 4 bridgehead atoms. The Morgan fingerprint density at radius 1 is 0.706 bits per heavy atom. The van der Waals surface area contributed by atoms with E-state index in [4.69, 9.17) is 9.47 Å². The summed E-state index contributed by atoms with van der Waals surface area (Å²) in [5, 5.41) is 0. The summed E-state index contributed by atoms with van der Waals surface area (Å²) < 4.78 is 12.9. The molecule has 0 unspecified atom stereocenters. The van der Waals surface area contributed by atoms with Gasteiger partial charge in [-0.2, -0.15) is 0 Å². The highest BCUT2D eigenvalue weighted by Gasteiger charge is 2.64. The van der Waals surface area contributed by atoms with Crippen molar-refractivity contribution >= 4 is 11.9 Å². The molecule has 0 N–H and O–H groups in total. The van der Waals surface area contributed by atoms with Crippen molar-refractivity contribution in [1.82, 2.24) is 0 Å². The lowest BCUT2D eigenvalue weighted by Crippen LogP contribution is -2.58. The molecule has 4 aliphatic carbocycles. The number of esters is 2. The third kappa shape index (κ3) is 3.50. The maximum Gasteiger partial charge on any atom is 0.362 e. The largest absolute Gasteiger partial charge is 0.458 e. The molecule has 0 radical (unpaired) electrons. The number of carbonyl (C=O) groups is 2. The van der Waals surface area contributed by atoms with Crippen molar-refractivity contribution in [2.45, 2.75) is 112 Å². The Bertz CT molecular complexity index is 781. The van der Waals surface area contributed by atoms with Crippen LogP contribution in [0.4, 0.5) is 0 Å². The molecule has 0 aromatic heterocycles. The lowest BCUT2D eigenvalue weighted by molar-refractivity contribution is -0.919. The Morgan fingerprint density at radius 2 is 1.12 bits per heavy atom. The van der Waals surface area contributed by atoms with Gasteiger partial charge in [0, 0.05) is 10.8 Å². The molecule has 5 nitrogen and oxygen atoms in total. The normalized spacial score (nSPS) is 43.1. The molecule has 34 heavy (non-hydrogen) atoms. The number of ether oxygens (including phenoxy) is 2. The van der Waals surface area contributed by atoms with Crippen molar-refractivity contribution in [2.75, 3.05) is 26.2 Å². The summed E-state index contributed by atoms with van der Waals surface area (Å²) in [5.41, 5.74) is 0.597. The van der Waals surface area contributed by atoms with Crippen LogP contribution in [-0.4, -0.2) is 54.8 Å². The summed E-state index contributed by atoms with van der Waals surface area (Å²) in [7, 11) is 0. The topological polar surface area (TPSA) is 52.6 Å². The average Bonchev–Trinajstić information content (AvgIpc) is 3.26. The summed E-state index contributed by atoms with van der Waals surface area (Å²) in [6.07, 6.45) is 10.1. The number of hydrogen-bond donors (Lipinski definition) is 0. The molecule has 0 aromatic carbocycles. The summed E-state index contributed by atoms with van der Waals surface area (Å²) in [5.74, 6) is 1.07. The maximum atomic E-state index is 13.3. The zero-order valence-electron chi connectivity index (χ0n) is 22.6. The molecule has 5 heteroatoms. The van der Waals surface area contributed by atoms with Gasteiger partial charge in [-0.05, 0) is 80.5 Å². The fourth-order valence-corrected chi connectivity index (χ4v) is 9.11. The smallest absolute Gasteiger partial charge is 0.362 e. The summed E-state index contributed by atoms with van der Waals surface area (Å²) in [6.45, 7) is 16.4. The van der Waals surface area contributed by atoms with E-state index >= 15 is 0 Å². The zero-order chi connectivity index (χ0) is 24.6. The molecular weight excluding hydrogens is 426 g/mol. The van der Waals surface area contributed by atoms with E-state index < -0.39 is 0 Å². The van der Waals surface area contributed by atoms with Crippen LogP contribution in [0.25, 0.3) is 0 Å². The highest BCUT2D eigenvalue weighted by molar-refractivity contribution is 5.73. The molecule has 0 spiro atoms. The quantitative estimate of drug-likeness (QED) is 0.377. The Balaban J connectivity index is 1.23. The molecule has 5 fully saturated rings. The SMILES string of the molecule is CC1(C)[C@H]2CC[C@@]1(C)[C@H](OC(=O)C[N+]1(CC(=O)O[C@@H]3C[C@@H]4CC[C@]3(C)C4(C)C)CCCCC1)C2. The summed E-state index contributed by atoms with van der Waals surface area (Å²) >= 11 is 0. The molecule has 1 saturated heterocycles. The van der Waals surface area contributed by atoms with Gasteiger partial charge in [-0.3, -0.25) is 0 Å². The van der Waals surface area contributed by atoms with Gasteiger partial charge in [-0.1, -0.05) is 41.5 Å². The van der Waals surface area contributed by atoms with Gasteiger partial charge in [-0.25, -0.2) is 9.59 Å². The van der Waals surface area contributed by atoms with Crippen LogP contribution in [0.3, 0.4) is 0 Å². The first-order chi connectivity index (χ1) is 15.8. The number of quaternary nitrogens is 1. The third-order valence-corrected chi connectivity index (χ3v) is 12.7. The highest BCUT2D eigenvalue weighted by atomic mass is 16.6. The van der Waals surface area contributed by atoms with Gasteiger partial charge in [0.1, 0.15) is 12.2 Å². The summed E-state index contributed by atoms with van der Waals surface area (Å²) in [4.78, 5) is 26.6. The minimum atomic E-state index is -0.114. The molecule has 1 heterocycles. The van der Waals surface area contributed by atoms with Crippen molar-refractivity contribution in [3.8, 4) is 0 Å². The lowest BCUT2D eigenvalue weighted by Gasteiger charge is -2.42. The van der Waals surface area contributed by atoms with Crippen molar-refractivity contribution < 1.29 is 23.5 Å². The molecule has 4 saturated carbocycles. The number of nitrogens with zero attached hydrogens (tertiary/aromatic N) is 1. The van der Waals surface area contributed by atoms with Crippen LogP contribution in [0.15, 0.2) is 0 Å². The Hall–Kier alpha value is -1.10. The second-order valence-corrected chi connectivity index (χ2v) is 14.3. The molecular formula is C29H48NO4+. The van der Waals surface area contributed by atoms with Gasteiger partial charge in [0.2, 0.25) is 0 Å². The highest BCUT2D eigenvalue weighted by Crippen LogP contribution is 2.67. The molecule has 192 valence electrons. The van der Waals surface area contributed by atoms with Crippen LogP contribution in [0.5, 0.6) is 0 Å². The van der Waals surface area contributed by atoms with Crippen LogP contribution in [0.2, 0.25) is 0 Å². The van der Waals surface area contributed by atoms with Gasteiger partial charge in [0.25, 0.3) is 0 Å². The van der Waals surface area contributed by atoms with E-state index in [1.54, 1.807) is 0 Å². The van der Waals surface area contributed by atoms with Gasteiger partial charge in [-0.15, -0.1) is 0 Å². The number of fused-ring (bicyclic) bond motifs is 4. The first kappa shape index (κ1) is 24.6. The molecule has 0 aromatic rings. The van der Waals surface area contributed by atoms with E-state index in [2.05, 4.69) is 41.5 Å². The first-order valence-corrected chi connectivity index (χ1v) is 14.1. The summed E-state index contributed by atoms with van der Waals surface area (Å²) in [6, 6.07) is 0. The second kappa shape index (κ2) is 7.95. The van der Waals surface area contributed by atoms with Crippen LogP contribution in [-0.2, 0) is 19.1 Å². The van der Waals surface area contributed by atoms with E-state index in [-0.39, 0.29) is 45.8 Å². The first-order valence-electron chi connectivity index (χ1n) is 14.1. The van der Waals surface area contributed by atoms with Crippen LogP contribution < -0.4 is 0 Å². The van der Waals surface area contributed by atoms with Gasteiger partial charge < -0.3 is 14.0 Å². The number of hydrogen-bond acceptors (Lipinski definition) is 4. The number of carbonyl (C=O) groups excluding carboxylic acids is 2. The van der Waals surface area contributed by atoms with Crippen LogP contribution >= 0.6 is 0 Å². The van der Waals surface area contributed by atoms with Crippen molar-refractivity contribution in [2.24, 2.45) is 33.5 Å². The predicted molar refractivity (Wildman–Crippen MR) is 132 cm³/mol. The van der Waals surface area contributed by atoms with E-state index in [1.807, 2.05) is 0 Å². The minimum Gasteiger partial charge on any atom is -0.458 e. The fourth-order valence-electron chi connectivity index (χ4n) is 9.11. The monoisotopic (exact) mass is 474 g/mol. The van der Waals surface area contributed by atoms with E-state index in [9.17, 15) is 9.59 Å². The molecule has 0 amide bonds. The maximum absolute atomic E-state index is 13.3. The minimum absolute atomic E-state index is 0.0155. The molecule has 1 aliphatic heterocycles. The van der Waals surface area contributed by atoms with E-state index in [0.717, 1.165) is 51.6 Å². The van der Waals surface area contributed by atoms with Crippen LogP contribution in [0, 0.1) is 33.5 Å². The molecule has 5 rings (SSSR count). The predicted octanol–water partition coefficient (Wildman–Crippen LogP) is 5.50. The van der Waals surface area contributed by atoms with Crippen LogP contribution in [0.1, 0.15) is 99.3 Å². The van der Waals surface area contributed by atoms with Gasteiger partial charge >= 0.3 is 11.9 Å². The number of rotatable bonds is 6. The van der Waals surface area contributed by atoms with E-state index in [0.29, 0.717) is 29.4 Å². The third-order valence-electron chi connectivity index (χ3n) is 12.7. The standard InChI is InChI=1S/C29H48NO4/c1-26(2)20-10-12-28(26,5)22(16-20)33-24(31)18-30(14-8-7-9-15-30)19-25(32)34-23-17-21-11-13-29(23,6)27(21,3)4/h20-23H,7-19H2,1-6H3/q+1/t20-,21-,22+,23+,28-,29-/m0/s1. The van der Waals surface area contributed by atoms with Gasteiger partial charge in [0.05, 0.1) is 13.1 Å². The van der Waals surface area contributed by atoms with E-state index in [1.165, 1.54) is 19.3 Å². The lowest BCUT2D eigenvalue weighted by atomic mass is 9.70. The fraction of sp³-hybridized carbons (Fsp3) is 0.931. The van der Waals surface area contributed by atoms with Gasteiger partial charge in [0.15, 0.2) is 13.1 Å². The Labute approximate surface area is 206 Å². The average molecular weight is 475 g/mol. The molecule has 6 atom stereocenters. The van der Waals surface area contributed by atoms with Crippen molar-refractivity contribution in [1.29, 1.82) is 0 Å². The van der Waals surface area contributed by atoms with Crippen molar-refractivity contribution in [3.05, 3.63) is 0 Å².